The van der Waals surface area contributed by atoms with Crippen molar-refractivity contribution in [3.05, 3.63) is 0 Å². The van der Waals surface area contributed by atoms with E-state index in [1.807, 2.05) is 7.05 Å². The normalized spacial score (nSPS) is 23.8. The first-order chi connectivity index (χ1) is 8.26. The van der Waals surface area contributed by atoms with Gasteiger partial charge in [-0.2, -0.15) is 0 Å². The summed E-state index contributed by atoms with van der Waals surface area (Å²) in [4.78, 5) is 2.33. The number of aliphatic hydroxyl groups excluding tert-OH is 1. The lowest BCUT2D eigenvalue weighted by molar-refractivity contribution is 0.0106. The van der Waals surface area contributed by atoms with E-state index in [-0.39, 0.29) is 6.10 Å². The van der Waals surface area contributed by atoms with Crippen LogP contribution in [0, 0.1) is 0 Å². The molecule has 17 heavy (non-hydrogen) atoms. The summed E-state index contributed by atoms with van der Waals surface area (Å²) in [5.74, 6) is 0. The lowest BCUT2D eigenvalue weighted by Gasteiger charge is -2.33. The Labute approximate surface area is 105 Å². The number of nitrogens with one attached hydrogen (secondary N) is 1. The average Bonchev–Trinajstić information content (AvgIpc) is 2.35. The van der Waals surface area contributed by atoms with Crippen LogP contribution in [-0.2, 0) is 4.74 Å². The molecule has 2 unspecified atom stereocenters. The first-order valence-electron chi connectivity index (χ1n) is 6.91. The van der Waals surface area contributed by atoms with Crippen LogP contribution in [-0.4, -0.2) is 62.0 Å². The highest BCUT2D eigenvalue weighted by atomic mass is 16.5. The quantitative estimate of drug-likeness (QED) is 0.621. The van der Waals surface area contributed by atoms with E-state index in [0.717, 1.165) is 39.1 Å². The Kier molecular flexibility index (Phi) is 7.77. The third-order valence-corrected chi connectivity index (χ3v) is 3.34. The smallest absolute Gasteiger partial charge is 0.0900 e. The molecule has 0 spiro atoms. The number of likely N-dealkylation sites (N-methyl/N-ethyl adjacent to an activating group) is 1. The molecule has 102 valence electrons. The Balaban J connectivity index is 2.10. The molecule has 0 saturated carbocycles. The molecule has 0 amide bonds. The summed E-state index contributed by atoms with van der Waals surface area (Å²) in [5, 5.41) is 13.2. The number of unbranched alkanes of at least 4 members (excludes halogenated alkanes) is 1. The molecule has 2 N–H and O–H groups in total. The third-order valence-electron chi connectivity index (χ3n) is 3.34. The summed E-state index contributed by atoms with van der Waals surface area (Å²) in [6.45, 7) is 6.27. The number of likely N-dealkylation sites (tertiary alicyclic amines) is 1. The molecule has 0 bridgehead atoms. The van der Waals surface area contributed by atoms with E-state index in [4.69, 9.17) is 4.74 Å². The van der Waals surface area contributed by atoms with Crippen LogP contribution in [0.5, 0.6) is 0 Å². The van der Waals surface area contributed by atoms with Crippen LogP contribution < -0.4 is 5.32 Å². The Morgan fingerprint density at radius 3 is 3.06 bits per heavy atom. The molecule has 1 fully saturated rings. The van der Waals surface area contributed by atoms with E-state index in [2.05, 4.69) is 17.1 Å². The SMILES string of the molecule is CCCCOCC(O)CN1CCCC(NC)C1. The van der Waals surface area contributed by atoms with Gasteiger partial charge in [-0.3, -0.25) is 4.90 Å². The van der Waals surface area contributed by atoms with Crippen molar-refractivity contribution in [3.63, 3.8) is 0 Å². The third kappa shape index (κ3) is 6.36. The van der Waals surface area contributed by atoms with Gasteiger partial charge in [0.25, 0.3) is 0 Å². The maximum absolute atomic E-state index is 9.87. The summed E-state index contributed by atoms with van der Waals surface area (Å²) in [6, 6.07) is 0.581. The standard InChI is InChI=1S/C13H28N2O2/c1-3-4-8-17-11-13(16)10-15-7-5-6-12(9-15)14-2/h12-14,16H,3-11H2,1-2H3. The van der Waals surface area contributed by atoms with Gasteiger partial charge < -0.3 is 15.2 Å². The predicted molar refractivity (Wildman–Crippen MR) is 70.3 cm³/mol. The van der Waals surface area contributed by atoms with E-state index in [0.29, 0.717) is 12.6 Å². The van der Waals surface area contributed by atoms with Crippen LogP contribution in [0.25, 0.3) is 0 Å². The van der Waals surface area contributed by atoms with E-state index < -0.39 is 0 Å². The van der Waals surface area contributed by atoms with Crippen molar-refractivity contribution in [3.8, 4) is 0 Å². The number of hydrogen-bond acceptors (Lipinski definition) is 4. The minimum absolute atomic E-state index is 0.345. The number of piperidine rings is 1. The number of β-amino-alcohol motifs (C(OH)–C–C–N with tert-alkyl or cyclic N) is 1. The number of rotatable bonds is 8. The van der Waals surface area contributed by atoms with E-state index in [9.17, 15) is 5.11 Å². The molecular formula is C13H28N2O2. The van der Waals surface area contributed by atoms with Gasteiger partial charge in [0.1, 0.15) is 0 Å². The van der Waals surface area contributed by atoms with Crippen molar-refractivity contribution in [1.82, 2.24) is 10.2 Å². The van der Waals surface area contributed by atoms with Gasteiger partial charge in [0.15, 0.2) is 0 Å². The van der Waals surface area contributed by atoms with Gasteiger partial charge in [-0.05, 0) is 32.9 Å². The van der Waals surface area contributed by atoms with Crippen LogP contribution in [0.4, 0.5) is 0 Å². The number of nitrogens with zero attached hydrogens (tertiary/aromatic N) is 1. The molecule has 1 heterocycles. The van der Waals surface area contributed by atoms with Crippen LogP contribution in [0.15, 0.2) is 0 Å². The summed E-state index contributed by atoms with van der Waals surface area (Å²) in [7, 11) is 2.01. The molecule has 2 atom stereocenters. The Morgan fingerprint density at radius 2 is 2.35 bits per heavy atom. The maximum atomic E-state index is 9.87. The minimum Gasteiger partial charge on any atom is -0.389 e. The van der Waals surface area contributed by atoms with Crippen molar-refractivity contribution in [1.29, 1.82) is 0 Å². The topological polar surface area (TPSA) is 44.7 Å². The number of ether oxygens (including phenoxy) is 1. The Hall–Kier alpha value is -0.160. The van der Waals surface area contributed by atoms with Gasteiger partial charge in [-0.1, -0.05) is 13.3 Å². The van der Waals surface area contributed by atoms with Gasteiger partial charge in [0.05, 0.1) is 12.7 Å². The summed E-state index contributed by atoms with van der Waals surface area (Å²) < 4.78 is 5.44. The van der Waals surface area contributed by atoms with Crippen molar-refractivity contribution in [2.24, 2.45) is 0 Å². The second-order valence-corrected chi connectivity index (χ2v) is 4.97. The van der Waals surface area contributed by atoms with Crippen LogP contribution >= 0.6 is 0 Å². The highest BCUT2D eigenvalue weighted by molar-refractivity contribution is 4.78. The monoisotopic (exact) mass is 244 g/mol. The molecule has 1 aliphatic rings. The fourth-order valence-corrected chi connectivity index (χ4v) is 2.27. The van der Waals surface area contributed by atoms with E-state index in [1.165, 1.54) is 12.8 Å². The average molecular weight is 244 g/mol. The highest BCUT2D eigenvalue weighted by Crippen LogP contribution is 2.10. The molecular weight excluding hydrogens is 216 g/mol. The zero-order valence-corrected chi connectivity index (χ0v) is 11.3. The van der Waals surface area contributed by atoms with Crippen LogP contribution in [0.1, 0.15) is 32.6 Å². The van der Waals surface area contributed by atoms with Crippen molar-refractivity contribution in [2.45, 2.75) is 44.8 Å². The molecule has 4 heteroatoms. The number of hydrogen-bond donors (Lipinski definition) is 2. The first kappa shape index (κ1) is 14.9. The minimum atomic E-state index is -0.345. The summed E-state index contributed by atoms with van der Waals surface area (Å²) in [6.07, 6.45) is 4.34. The van der Waals surface area contributed by atoms with Gasteiger partial charge in [-0.15, -0.1) is 0 Å². The van der Waals surface area contributed by atoms with Crippen molar-refractivity contribution < 1.29 is 9.84 Å². The molecule has 1 rings (SSSR count). The largest absolute Gasteiger partial charge is 0.389 e. The molecule has 4 nitrogen and oxygen atoms in total. The lowest BCUT2D eigenvalue weighted by Crippen LogP contribution is -2.47. The van der Waals surface area contributed by atoms with Gasteiger partial charge in [0, 0.05) is 25.7 Å². The maximum Gasteiger partial charge on any atom is 0.0900 e. The Bertz CT molecular complexity index is 190. The Morgan fingerprint density at radius 1 is 1.53 bits per heavy atom. The van der Waals surface area contributed by atoms with Gasteiger partial charge in [0.2, 0.25) is 0 Å². The molecule has 0 aromatic heterocycles. The molecule has 0 aromatic carbocycles. The molecule has 1 aliphatic heterocycles. The second kappa shape index (κ2) is 8.86. The van der Waals surface area contributed by atoms with E-state index >= 15 is 0 Å². The number of aliphatic hydroxyl groups is 1. The van der Waals surface area contributed by atoms with Crippen molar-refractivity contribution >= 4 is 0 Å². The first-order valence-corrected chi connectivity index (χ1v) is 6.91. The fourth-order valence-electron chi connectivity index (χ4n) is 2.27. The van der Waals surface area contributed by atoms with Gasteiger partial charge in [-0.25, -0.2) is 0 Å². The predicted octanol–water partition coefficient (Wildman–Crippen LogP) is 0.848. The van der Waals surface area contributed by atoms with Gasteiger partial charge >= 0.3 is 0 Å². The lowest BCUT2D eigenvalue weighted by atomic mass is 10.1. The summed E-state index contributed by atoms with van der Waals surface area (Å²) in [5.41, 5.74) is 0. The second-order valence-electron chi connectivity index (χ2n) is 4.97. The highest BCUT2D eigenvalue weighted by Gasteiger charge is 2.20. The van der Waals surface area contributed by atoms with Crippen LogP contribution in [0.3, 0.4) is 0 Å². The zero-order valence-electron chi connectivity index (χ0n) is 11.3. The molecule has 0 aliphatic carbocycles. The van der Waals surface area contributed by atoms with Crippen LogP contribution in [0.2, 0.25) is 0 Å². The molecule has 1 saturated heterocycles. The molecule has 0 aromatic rings. The van der Waals surface area contributed by atoms with Crippen molar-refractivity contribution in [2.75, 3.05) is 39.9 Å². The fraction of sp³-hybridized carbons (Fsp3) is 1.00. The molecule has 0 radical (unpaired) electrons. The van der Waals surface area contributed by atoms with E-state index in [1.54, 1.807) is 0 Å². The zero-order chi connectivity index (χ0) is 12.5. The summed E-state index contributed by atoms with van der Waals surface area (Å²) >= 11 is 0.